The first-order valence-electron chi connectivity index (χ1n) is 7.13. The molecule has 0 saturated heterocycles. The minimum absolute atomic E-state index is 0.0944. The van der Waals surface area contributed by atoms with Crippen molar-refractivity contribution < 1.29 is 9.53 Å². The summed E-state index contributed by atoms with van der Waals surface area (Å²) in [6.45, 7) is 9.79. The first-order valence-corrected chi connectivity index (χ1v) is 7.13. The van der Waals surface area contributed by atoms with Gasteiger partial charge >= 0.3 is 0 Å². The molecule has 4 nitrogen and oxygen atoms in total. The average Bonchev–Trinajstić information content (AvgIpc) is 2.37. The molecule has 2 atom stereocenters. The Hall–Kier alpha value is -1.55. The Bertz CT molecular complexity index is 444. The standard InChI is InChI=1S/C16H26N2O2/c1-10(2)15(17)16(19)18-12(5)13-7-6-8-14(9-13)20-11(3)4/h6-12,15H,17H2,1-5H3,(H,18,19)/t12?,15-/m0/s1. The number of amides is 1. The molecule has 1 aromatic rings. The summed E-state index contributed by atoms with van der Waals surface area (Å²) in [6.07, 6.45) is 0.129. The fourth-order valence-corrected chi connectivity index (χ4v) is 1.83. The molecule has 0 aliphatic rings. The molecule has 20 heavy (non-hydrogen) atoms. The SMILES string of the molecule is CC(C)Oc1cccc(C(C)NC(=O)[C@@H](N)C(C)C)c1. The smallest absolute Gasteiger partial charge is 0.237 e. The van der Waals surface area contributed by atoms with Gasteiger partial charge in [-0.25, -0.2) is 0 Å². The topological polar surface area (TPSA) is 64.3 Å². The maximum absolute atomic E-state index is 12.0. The van der Waals surface area contributed by atoms with Crippen LogP contribution in [0.5, 0.6) is 5.75 Å². The van der Waals surface area contributed by atoms with E-state index in [0.717, 1.165) is 11.3 Å². The highest BCUT2D eigenvalue weighted by atomic mass is 16.5. The summed E-state index contributed by atoms with van der Waals surface area (Å²) >= 11 is 0. The molecule has 0 fully saturated rings. The van der Waals surface area contributed by atoms with Crippen molar-refractivity contribution in [2.45, 2.75) is 52.8 Å². The van der Waals surface area contributed by atoms with E-state index in [2.05, 4.69) is 5.32 Å². The van der Waals surface area contributed by atoms with Crippen LogP contribution in [0.25, 0.3) is 0 Å². The van der Waals surface area contributed by atoms with E-state index in [-0.39, 0.29) is 24.0 Å². The van der Waals surface area contributed by atoms with E-state index < -0.39 is 6.04 Å². The van der Waals surface area contributed by atoms with Crippen LogP contribution in [0.1, 0.15) is 46.2 Å². The summed E-state index contributed by atoms with van der Waals surface area (Å²) in [5, 5.41) is 2.94. The molecule has 4 heteroatoms. The molecule has 112 valence electrons. The van der Waals surface area contributed by atoms with Gasteiger partial charge in [-0.2, -0.15) is 0 Å². The van der Waals surface area contributed by atoms with Gasteiger partial charge in [0.1, 0.15) is 5.75 Å². The summed E-state index contributed by atoms with van der Waals surface area (Å²) in [5.41, 5.74) is 6.85. The Labute approximate surface area is 121 Å². The first kappa shape index (κ1) is 16.5. The highest BCUT2D eigenvalue weighted by Crippen LogP contribution is 2.20. The van der Waals surface area contributed by atoms with Crippen LogP contribution < -0.4 is 15.8 Å². The third-order valence-electron chi connectivity index (χ3n) is 3.11. The molecule has 0 spiro atoms. The molecule has 0 radical (unpaired) electrons. The van der Waals surface area contributed by atoms with Gasteiger partial charge in [0.15, 0.2) is 0 Å². The molecule has 0 aliphatic carbocycles. The summed E-state index contributed by atoms with van der Waals surface area (Å²) in [6, 6.07) is 7.19. The molecule has 0 saturated carbocycles. The Kier molecular flexibility index (Phi) is 6.02. The maximum atomic E-state index is 12.0. The fraction of sp³-hybridized carbons (Fsp3) is 0.562. The zero-order chi connectivity index (χ0) is 15.3. The van der Waals surface area contributed by atoms with E-state index in [1.165, 1.54) is 0 Å². The average molecular weight is 278 g/mol. The van der Waals surface area contributed by atoms with E-state index >= 15 is 0 Å². The van der Waals surface area contributed by atoms with Crippen molar-refractivity contribution in [1.29, 1.82) is 0 Å². The number of hydrogen-bond acceptors (Lipinski definition) is 3. The van der Waals surface area contributed by atoms with Crippen LogP contribution in [-0.4, -0.2) is 18.1 Å². The van der Waals surface area contributed by atoms with Crippen LogP contribution in [0.2, 0.25) is 0 Å². The van der Waals surface area contributed by atoms with Gasteiger partial charge in [0.05, 0.1) is 18.2 Å². The Morgan fingerprint density at radius 3 is 2.40 bits per heavy atom. The van der Waals surface area contributed by atoms with Crippen molar-refractivity contribution in [2.75, 3.05) is 0 Å². The summed E-state index contributed by atoms with van der Waals surface area (Å²) in [4.78, 5) is 12.0. The molecule has 0 bridgehead atoms. The predicted molar refractivity (Wildman–Crippen MR) is 81.6 cm³/mol. The Morgan fingerprint density at radius 1 is 1.20 bits per heavy atom. The van der Waals surface area contributed by atoms with E-state index in [1.54, 1.807) is 0 Å². The van der Waals surface area contributed by atoms with Gasteiger partial charge in [-0.15, -0.1) is 0 Å². The van der Waals surface area contributed by atoms with Crippen LogP contribution in [0.15, 0.2) is 24.3 Å². The summed E-state index contributed by atoms with van der Waals surface area (Å²) < 4.78 is 5.66. The number of carbonyl (C=O) groups is 1. The monoisotopic (exact) mass is 278 g/mol. The summed E-state index contributed by atoms with van der Waals surface area (Å²) in [7, 11) is 0. The normalized spacial score (nSPS) is 14.2. The quantitative estimate of drug-likeness (QED) is 0.840. The Morgan fingerprint density at radius 2 is 1.85 bits per heavy atom. The van der Waals surface area contributed by atoms with Crippen LogP contribution in [-0.2, 0) is 4.79 Å². The third kappa shape index (κ3) is 4.85. The minimum Gasteiger partial charge on any atom is -0.491 e. The number of carbonyl (C=O) groups excluding carboxylic acids is 1. The van der Waals surface area contributed by atoms with Gasteiger partial charge in [-0.05, 0) is 44.4 Å². The third-order valence-corrected chi connectivity index (χ3v) is 3.11. The molecule has 0 aromatic heterocycles. The van der Waals surface area contributed by atoms with Crippen LogP contribution in [0, 0.1) is 5.92 Å². The van der Waals surface area contributed by atoms with Crippen molar-refractivity contribution >= 4 is 5.91 Å². The number of hydrogen-bond donors (Lipinski definition) is 2. The van der Waals surface area contributed by atoms with Gasteiger partial charge in [0.2, 0.25) is 5.91 Å². The number of ether oxygens (including phenoxy) is 1. The second kappa shape index (κ2) is 7.29. The van der Waals surface area contributed by atoms with Crippen LogP contribution in [0.4, 0.5) is 0 Å². The van der Waals surface area contributed by atoms with Crippen molar-refractivity contribution in [3.8, 4) is 5.75 Å². The number of rotatable bonds is 6. The lowest BCUT2D eigenvalue weighted by atomic mass is 10.0. The second-order valence-electron chi connectivity index (χ2n) is 5.74. The lowest BCUT2D eigenvalue weighted by Crippen LogP contribution is -2.44. The first-order chi connectivity index (χ1) is 9.31. The molecular formula is C16H26N2O2. The molecule has 0 aliphatic heterocycles. The zero-order valence-corrected chi connectivity index (χ0v) is 13.0. The van der Waals surface area contributed by atoms with Crippen molar-refractivity contribution in [1.82, 2.24) is 5.32 Å². The number of benzene rings is 1. The van der Waals surface area contributed by atoms with Gasteiger partial charge in [-0.3, -0.25) is 4.79 Å². The van der Waals surface area contributed by atoms with E-state index in [1.807, 2.05) is 58.9 Å². The van der Waals surface area contributed by atoms with Crippen molar-refractivity contribution in [3.63, 3.8) is 0 Å². The second-order valence-corrected chi connectivity index (χ2v) is 5.74. The van der Waals surface area contributed by atoms with E-state index in [9.17, 15) is 4.79 Å². The minimum atomic E-state index is -0.479. The highest BCUT2D eigenvalue weighted by molar-refractivity contribution is 5.82. The van der Waals surface area contributed by atoms with Gasteiger partial charge < -0.3 is 15.8 Å². The van der Waals surface area contributed by atoms with Crippen LogP contribution >= 0.6 is 0 Å². The largest absolute Gasteiger partial charge is 0.491 e. The number of nitrogens with two attached hydrogens (primary N) is 1. The Balaban J connectivity index is 2.72. The molecule has 1 unspecified atom stereocenters. The molecule has 0 heterocycles. The van der Waals surface area contributed by atoms with Gasteiger partial charge in [0.25, 0.3) is 0 Å². The molecule has 1 rings (SSSR count). The zero-order valence-electron chi connectivity index (χ0n) is 13.0. The molecule has 1 amide bonds. The van der Waals surface area contributed by atoms with Crippen molar-refractivity contribution in [3.05, 3.63) is 29.8 Å². The predicted octanol–water partition coefficient (Wildman–Crippen LogP) is 2.63. The number of nitrogens with one attached hydrogen (secondary N) is 1. The van der Waals surface area contributed by atoms with Gasteiger partial charge in [0, 0.05) is 0 Å². The maximum Gasteiger partial charge on any atom is 0.237 e. The van der Waals surface area contributed by atoms with E-state index in [4.69, 9.17) is 10.5 Å². The molecular weight excluding hydrogens is 252 g/mol. The highest BCUT2D eigenvalue weighted by Gasteiger charge is 2.19. The summed E-state index contributed by atoms with van der Waals surface area (Å²) in [5.74, 6) is 0.812. The lowest BCUT2D eigenvalue weighted by Gasteiger charge is -2.20. The fourth-order valence-electron chi connectivity index (χ4n) is 1.83. The van der Waals surface area contributed by atoms with E-state index in [0.29, 0.717) is 0 Å². The van der Waals surface area contributed by atoms with Crippen LogP contribution in [0.3, 0.4) is 0 Å². The van der Waals surface area contributed by atoms with Gasteiger partial charge in [-0.1, -0.05) is 26.0 Å². The van der Waals surface area contributed by atoms with Crippen molar-refractivity contribution in [2.24, 2.45) is 11.7 Å². The molecule has 1 aromatic carbocycles. The molecule has 3 N–H and O–H groups in total. The lowest BCUT2D eigenvalue weighted by molar-refractivity contribution is -0.123.